The van der Waals surface area contributed by atoms with Gasteiger partial charge in [-0.25, -0.2) is 4.39 Å². The Morgan fingerprint density at radius 1 is 1.37 bits per heavy atom. The van der Waals surface area contributed by atoms with Gasteiger partial charge >= 0.3 is 0 Å². The van der Waals surface area contributed by atoms with Gasteiger partial charge in [0.1, 0.15) is 5.82 Å². The molecule has 2 aromatic rings. The van der Waals surface area contributed by atoms with Crippen molar-refractivity contribution in [1.29, 1.82) is 0 Å². The predicted octanol–water partition coefficient (Wildman–Crippen LogP) is 4.16. The molecule has 1 aromatic carbocycles. The number of hydrogen-bond acceptors (Lipinski definition) is 1. The SMILES string of the molecule is CCCC(O)c1ccn(Cc2ccc(Cl)cc2F)c1. The molecule has 0 saturated heterocycles. The lowest BCUT2D eigenvalue weighted by molar-refractivity contribution is 0.166. The van der Waals surface area contributed by atoms with E-state index >= 15 is 0 Å². The number of hydrogen-bond donors (Lipinski definition) is 1. The highest BCUT2D eigenvalue weighted by Gasteiger charge is 2.09. The minimum Gasteiger partial charge on any atom is -0.388 e. The number of aliphatic hydroxyl groups excluding tert-OH is 1. The molecular formula is C15H17ClFNO. The molecule has 0 aliphatic heterocycles. The molecule has 0 aliphatic rings. The molecule has 102 valence electrons. The van der Waals surface area contributed by atoms with Crippen molar-refractivity contribution in [3.63, 3.8) is 0 Å². The van der Waals surface area contributed by atoms with Gasteiger partial charge in [-0.1, -0.05) is 31.0 Å². The maximum absolute atomic E-state index is 13.7. The van der Waals surface area contributed by atoms with Crippen LogP contribution in [0.2, 0.25) is 5.02 Å². The average molecular weight is 282 g/mol. The number of aromatic nitrogens is 1. The fraction of sp³-hybridized carbons (Fsp3) is 0.333. The Labute approximate surface area is 117 Å². The lowest BCUT2D eigenvalue weighted by Gasteiger charge is -2.07. The molecule has 1 atom stereocenters. The first kappa shape index (κ1) is 14.1. The normalized spacial score (nSPS) is 12.6. The molecule has 0 bridgehead atoms. The average Bonchev–Trinajstić information content (AvgIpc) is 2.82. The van der Waals surface area contributed by atoms with Crippen LogP contribution in [0, 0.1) is 5.82 Å². The van der Waals surface area contributed by atoms with Crippen molar-refractivity contribution in [3.8, 4) is 0 Å². The first-order valence-electron chi connectivity index (χ1n) is 6.38. The van der Waals surface area contributed by atoms with Crippen LogP contribution in [0.3, 0.4) is 0 Å². The highest BCUT2D eigenvalue weighted by Crippen LogP contribution is 2.20. The van der Waals surface area contributed by atoms with Gasteiger partial charge in [-0.3, -0.25) is 0 Å². The van der Waals surface area contributed by atoms with Crippen LogP contribution >= 0.6 is 11.6 Å². The molecule has 0 fully saturated rings. The van der Waals surface area contributed by atoms with Crippen LogP contribution in [0.15, 0.2) is 36.7 Å². The third kappa shape index (κ3) is 3.58. The van der Waals surface area contributed by atoms with E-state index < -0.39 is 6.10 Å². The molecule has 0 radical (unpaired) electrons. The summed E-state index contributed by atoms with van der Waals surface area (Å²) in [5.41, 5.74) is 1.45. The Balaban J connectivity index is 2.11. The van der Waals surface area contributed by atoms with Crippen molar-refractivity contribution in [1.82, 2.24) is 4.57 Å². The number of benzene rings is 1. The molecule has 19 heavy (non-hydrogen) atoms. The number of aliphatic hydroxyl groups is 1. The standard InChI is InChI=1S/C15H17ClFNO/c1-2-3-15(19)12-6-7-18(10-12)9-11-4-5-13(16)8-14(11)17/h4-8,10,15,19H,2-3,9H2,1H3. The van der Waals surface area contributed by atoms with Gasteiger partial charge in [0.2, 0.25) is 0 Å². The zero-order valence-corrected chi connectivity index (χ0v) is 11.6. The van der Waals surface area contributed by atoms with Crippen LogP contribution in [0.5, 0.6) is 0 Å². The summed E-state index contributed by atoms with van der Waals surface area (Å²) in [6, 6.07) is 6.54. The molecule has 1 aromatic heterocycles. The summed E-state index contributed by atoms with van der Waals surface area (Å²) in [4.78, 5) is 0. The molecule has 2 nitrogen and oxygen atoms in total. The minimum atomic E-state index is -0.443. The molecule has 0 saturated carbocycles. The summed E-state index contributed by atoms with van der Waals surface area (Å²) >= 11 is 5.72. The van der Waals surface area contributed by atoms with Gasteiger partial charge in [0.15, 0.2) is 0 Å². The molecular weight excluding hydrogens is 265 g/mol. The van der Waals surface area contributed by atoms with Crippen LogP contribution in [0.25, 0.3) is 0 Å². The molecule has 4 heteroatoms. The molecule has 2 rings (SSSR count). The van der Waals surface area contributed by atoms with E-state index in [9.17, 15) is 9.50 Å². The Morgan fingerprint density at radius 3 is 2.84 bits per heavy atom. The van der Waals surface area contributed by atoms with E-state index in [2.05, 4.69) is 0 Å². The summed E-state index contributed by atoms with van der Waals surface area (Å²) in [5, 5.41) is 10.3. The Bertz CT molecular complexity index is 553. The summed E-state index contributed by atoms with van der Waals surface area (Å²) < 4.78 is 15.5. The molecule has 0 spiro atoms. The van der Waals surface area contributed by atoms with Gasteiger partial charge in [-0.05, 0) is 30.2 Å². The van der Waals surface area contributed by atoms with E-state index in [1.807, 2.05) is 30.0 Å². The second-order valence-corrected chi connectivity index (χ2v) is 5.09. The highest BCUT2D eigenvalue weighted by atomic mass is 35.5. The fourth-order valence-corrected chi connectivity index (χ4v) is 2.20. The van der Waals surface area contributed by atoms with E-state index in [0.29, 0.717) is 17.1 Å². The summed E-state index contributed by atoms with van der Waals surface area (Å²) in [6.07, 6.45) is 4.93. The number of rotatable bonds is 5. The van der Waals surface area contributed by atoms with Gasteiger partial charge < -0.3 is 9.67 Å². The molecule has 1 N–H and O–H groups in total. The predicted molar refractivity (Wildman–Crippen MR) is 74.8 cm³/mol. The van der Waals surface area contributed by atoms with Crippen LogP contribution in [0.4, 0.5) is 4.39 Å². The van der Waals surface area contributed by atoms with Crippen molar-refractivity contribution >= 4 is 11.6 Å². The van der Waals surface area contributed by atoms with Crippen molar-refractivity contribution in [2.75, 3.05) is 0 Å². The van der Waals surface area contributed by atoms with Crippen molar-refractivity contribution < 1.29 is 9.50 Å². The van der Waals surface area contributed by atoms with Crippen LogP contribution in [0.1, 0.15) is 37.0 Å². The van der Waals surface area contributed by atoms with Crippen LogP contribution in [-0.2, 0) is 6.54 Å². The van der Waals surface area contributed by atoms with Crippen LogP contribution < -0.4 is 0 Å². The minimum absolute atomic E-state index is 0.308. The first-order valence-corrected chi connectivity index (χ1v) is 6.75. The van der Waals surface area contributed by atoms with E-state index in [-0.39, 0.29) is 5.82 Å². The largest absolute Gasteiger partial charge is 0.388 e. The monoisotopic (exact) mass is 281 g/mol. The van der Waals surface area contributed by atoms with Gasteiger partial charge in [0.25, 0.3) is 0 Å². The summed E-state index contributed by atoms with van der Waals surface area (Å²) in [7, 11) is 0. The Kier molecular flexibility index (Phi) is 4.61. The second kappa shape index (κ2) is 6.22. The number of nitrogens with zero attached hydrogens (tertiary/aromatic N) is 1. The zero-order valence-electron chi connectivity index (χ0n) is 10.8. The quantitative estimate of drug-likeness (QED) is 0.874. The van der Waals surface area contributed by atoms with Gasteiger partial charge in [-0.15, -0.1) is 0 Å². The van der Waals surface area contributed by atoms with Gasteiger partial charge in [-0.2, -0.15) is 0 Å². The Hall–Kier alpha value is -1.32. The maximum Gasteiger partial charge on any atom is 0.129 e. The fourth-order valence-electron chi connectivity index (χ4n) is 2.04. The van der Waals surface area contributed by atoms with E-state index in [4.69, 9.17) is 11.6 Å². The first-order chi connectivity index (χ1) is 9.10. The van der Waals surface area contributed by atoms with E-state index in [0.717, 1.165) is 18.4 Å². The molecule has 0 aliphatic carbocycles. The molecule has 0 amide bonds. The lowest BCUT2D eigenvalue weighted by atomic mass is 10.1. The molecule has 1 heterocycles. The van der Waals surface area contributed by atoms with Crippen molar-refractivity contribution in [2.24, 2.45) is 0 Å². The highest BCUT2D eigenvalue weighted by molar-refractivity contribution is 6.30. The Morgan fingerprint density at radius 2 is 2.16 bits per heavy atom. The summed E-state index contributed by atoms with van der Waals surface area (Å²) in [5.74, 6) is -0.308. The van der Waals surface area contributed by atoms with Gasteiger partial charge in [0.05, 0.1) is 6.10 Å². The second-order valence-electron chi connectivity index (χ2n) is 4.66. The summed E-state index contributed by atoms with van der Waals surface area (Å²) in [6.45, 7) is 2.46. The van der Waals surface area contributed by atoms with Gasteiger partial charge in [0, 0.05) is 29.5 Å². The maximum atomic E-state index is 13.7. The topological polar surface area (TPSA) is 25.2 Å². The smallest absolute Gasteiger partial charge is 0.129 e. The third-order valence-corrected chi connectivity index (χ3v) is 3.32. The lowest BCUT2D eigenvalue weighted by Crippen LogP contribution is -2.00. The molecule has 1 unspecified atom stereocenters. The van der Waals surface area contributed by atoms with Crippen LogP contribution in [-0.4, -0.2) is 9.67 Å². The van der Waals surface area contributed by atoms with E-state index in [1.165, 1.54) is 6.07 Å². The number of halogens is 2. The third-order valence-electron chi connectivity index (χ3n) is 3.09. The zero-order chi connectivity index (χ0) is 13.8. The van der Waals surface area contributed by atoms with Crippen molar-refractivity contribution in [3.05, 3.63) is 58.6 Å². The van der Waals surface area contributed by atoms with E-state index in [1.54, 1.807) is 12.1 Å². The van der Waals surface area contributed by atoms with Crippen molar-refractivity contribution in [2.45, 2.75) is 32.4 Å².